The van der Waals surface area contributed by atoms with E-state index < -0.39 is 9.84 Å². The lowest BCUT2D eigenvalue weighted by atomic mass is 9.71. The fraction of sp³-hybridized carbons (Fsp3) is 0.269. The largest absolute Gasteiger partial charge is 0.345 e. The molecule has 1 aliphatic carbocycles. The van der Waals surface area contributed by atoms with Crippen molar-refractivity contribution in [2.45, 2.75) is 48.8 Å². The topological polar surface area (TPSA) is 63.2 Å². The number of carbonyl (C=O) groups excluding carboxylic acids is 1. The van der Waals surface area contributed by atoms with Gasteiger partial charge in [-0.25, -0.2) is 8.42 Å². The highest BCUT2D eigenvalue weighted by Crippen LogP contribution is 2.41. The van der Waals surface area contributed by atoms with E-state index in [9.17, 15) is 13.2 Å². The van der Waals surface area contributed by atoms with E-state index in [1.807, 2.05) is 12.1 Å². The average Bonchev–Trinajstić information content (AvgIpc) is 2.77. The Hall–Kier alpha value is -2.92. The molecule has 0 saturated heterocycles. The standard InChI is InChI=1S/C26H27NO3S/c1-26(2)17-16-24(22-10-6-7-11-23(22)26)27-25(28)20-14-12-19(13-15-20)18-31(29,30)21-8-4-3-5-9-21/h3-15,24H,16-18H2,1-2H3,(H,27,28). The van der Waals surface area contributed by atoms with Crippen LogP contribution < -0.4 is 5.32 Å². The Morgan fingerprint density at radius 3 is 2.29 bits per heavy atom. The fourth-order valence-corrected chi connectivity index (χ4v) is 5.66. The molecule has 0 bridgehead atoms. The maximum Gasteiger partial charge on any atom is 0.251 e. The predicted molar refractivity (Wildman–Crippen MR) is 123 cm³/mol. The molecule has 1 unspecified atom stereocenters. The molecule has 0 aromatic heterocycles. The Bertz CT molecular complexity index is 1180. The Kier molecular flexibility index (Phi) is 5.71. The monoisotopic (exact) mass is 433 g/mol. The molecule has 3 aromatic rings. The molecule has 0 fully saturated rings. The first-order valence-corrected chi connectivity index (χ1v) is 12.2. The lowest BCUT2D eigenvalue weighted by molar-refractivity contribution is 0.0929. The number of fused-ring (bicyclic) bond motifs is 1. The van der Waals surface area contributed by atoms with Crippen LogP contribution in [0.4, 0.5) is 0 Å². The second-order valence-electron chi connectivity index (χ2n) is 8.80. The van der Waals surface area contributed by atoms with Crippen LogP contribution in [0.2, 0.25) is 0 Å². The molecule has 1 N–H and O–H groups in total. The van der Waals surface area contributed by atoms with Gasteiger partial charge in [0.05, 0.1) is 16.7 Å². The maximum atomic E-state index is 12.9. The molecule has 4 nitrogen and oxygen atoms in total. The summed E-state index contributed by atoms with van der Waals surface area (Å²) in [4.78, 5) is 13.2. The molecule has 160 valence electrons. The van der Waals surface area contributed by atoms with Gasteiger partial charge in [0.15, 0.2) is 9.84 Å². The molecule has 4 rings (SSSR count). The van der Waals surface area contributed by atoms with Crippen molar-refractivity contribution < 1.29 is 13.2 Å². The summed E-state index contributed by atoms with van der Waals surface area (Å²) in [6.45, 7) is 4.48. The highest BCUT2D eigenvalue weighted by molar-refractivity contribution is 7.90. The van der Waals surface area contributed by atoms with Gasteiger partial charge in [0.2, 0.25) is 0 Å². The molecule has 1 atom stereocenters. The lowest BCUT2D eigenvalue weighted by Crippen LogP contribution is -2.35. The highest BCUT2D eigenvalue weighted by atomic mass is 32.2. The van der Waals surface area contributed by atoms with Gasteiger partial charge in [0.25, 0.3) is 5.91 Å². The number of rotatable bonds is 5. The van der Waals surface area contributed by atoms with Gasteiger partial charge >= 0.3 is 0 Å². The van der Waals surface area contributed by atoms with Crippen molar-refractivity contribution >= 4 is 15.7 Å². The summed E-state index contributed by atoms with van der Waals surface area (Å²) in [7, 11) is -3.41. The Morgan fingerprint density at radius 2 is 1.58 bits per heavy atom. The first-order valence-electron chi connectivity index (χ1n) is 10.5. The van der Waals surface area contributed by atoms with Crippen LogP contribution in [-0.2, 0) is 21.0 Å². The van der Waals surface area contributed by atoms with E-state index in [4.69, 9.17) is 0 Å². The van der Waals surface area contributed by atoms with Gasteiger partial charge in [-0.3, -0.25) is 4.79 Å². The lowest BCUT2D eigenvalue weighted by Gasteiger charge is -2.37. The molecule has 0 saturated carbocycles. The molecule has 0 heterocycles. The SMILES string of the molecule is CC1(C)CCC(NC(=O)c2ccc(CS(=O)(=O)c3ccccc3)cc2)c2ccccc21. The number of nitrogens with one attached hydrogen (secondary N) is 1. The number of sulfone groups is 1. The third-order valence-corrected chi connectivity index (χ3v) is 7.81. The van der Waals surface area contributed by atoms with E-state index in [-0.39, 0.29) is 23.1 Å². The summed E-state index contributed by atoms with van der Waals surface area (Å²) in [6.07, 6.45) is 1.90. The second kappa shape index (κ2) is 8.31. The molecule has 0 radical (unpaired) electrons. The summed E-state index contributed by atoms with van der Waals surface area (Å²) in [5, 5.41) is 3.17. The van der Waals surface area contributed by atoms with Crippen molar-refractivity contribution in [3.63, 3.8) is 0 Å². The normalized spacial score (nSPS) is 17.5. The van der Waals surface area contributed by atoms with E-state index in [0.717, 1.165) is 12.8 Å². The smallest absolute Gasteiger partial charge is 0.251 e. The number of amides is 1. The van der Waals surface area contributed by atoms with Crippen molar-refractivity contribution in [1.82, 2.24) is 5.32 Å². The van der Waals surface area contributed by atoms with E-state index in [1.54, 1.807) is 54.6 Å². The zero-order valence-electron chi connectivity index (χ0n) is 17.8. The predicted octanol–water partition coefficient (Wildman–Crippen LogP) is 5.20. The van der Waals surface area contributed by atoms with Gasteiger partial charge in [-0.05, 0) is 59.2 Å². The minimum atomic E-state index is -3.41. The number of benzene rings is 3. The molecule has 31 heavy (non-hydrogen) atoms. The van der Waals surface area contributed by atoms with Crippen LogP contribution in [-0.4, -0.2) is 14.3 Å². The number of hydrogen-bond acceptors (Lipinski definition) is 3. The Labute approximate surface area is 184 Å². The first kappa shape index (κ1) is 21.3. The number of carbonyl (C=O) groups is 1. The van der Waals surface area contributed by atoms with E-state index in [0.29, 0.717) is 16.0 Å². The van der Waals surface area contributed by atoms with Crippen LogP contribution in [0.5, 0.6) is 0 Å². The van der Waals surface area contributed by atoms with Crippen molar-refractivity contribution in [3.05, 3.63) is 101 Å². The maximum absolute atomic E-state index is 12.9. The van der Waals surface area contributed by atoms with Crippen molar-refractivity contribution in [3.8, 4) is 0 Å². The summed E-state index contributed by atoms with van der Waals surface area (Å²) in [5.74, 6) is -0.235. The second-order valence-corrected chi connectivity index (χ2v) is 10.8. The van der Waals surface area contributed by atoms with Gasteiger partial charge in [0.1, 0.15) is 0 Å². The molecule has 5 heteroatoms. The summed E-state index contributed by atoms with van der Waals surface area (Å²) < 4.78 is 25.1. The van der Waals surface area contributed by atoms with Gasteiger partial charge in [-0.2, -0.15) is 0 Å². The minimum Gasteiger partial charge on any atom is -0.345 e. The third kappa shape index (κ3) is 4.57. The summed E-state index contributed by atoms with van der Waals surface area (Å²) in [6, 6.07) is 23.5. The van der Waals surface area contributed by atoms with E-state index >= 15 is 0 Å². The fourth-order valence-electron chi connectivity index (χ4n) is 4.29. The van der Waals surface area contributed by atoms with E-state index in [1.165, 1.54) is 11.1 Å². The minimum absolute atomic E-state index is 0.0186. The molecule has 0 spiro atoms. The first-order chi connectivity index (χ1) is 14.8. The average molecular weight is 434 g/mol. The highest BCUT2D eigenvalue weighted by Gasteiger charge is 2.33. The van der Waals surface area contributed by atoms with Crippen LogP contribution >= 0.6 is 0 Å². The Balaban J connectivity index is 1.47. The Morgan fingerprint density at radius 1 is 0.935 bits per heavy atom. The van der Waals surface area contributed by atoms with Crippen LogP contribution in [0.1, 0.15) is 59.8 Å². The molecule has 1 aliphatic rings. The molecule has 1 amide bonds. The molecular formula is C26H27NO3S. The van der Waals surface area contributed by atoms with Crippen LogP contribution in [0.25, 0.3) is 0 Å². The van der Waals surface area contributed by atoms with E-state index in [2.05, 4.69) is 31.3 Å². The third-order valence-electron chi connectivity index (χ3n) is 6.10. The zero-order valence-corrected chi connectivity index (χ0v) is 18.7. The van der Waals surface area contributed by atoms with Crippen LogP contribution in [0.15, 0.2) is 83.8 Å². The van der Waals surface area contributed by atoms with Crippen molar-refractivity contribution in [2.75, 3.05) is 0 Å². The molecule has 3 aromatic carbocycles. The van der Waals surface area contributed by atoms with Gasteiger partial charge in [0, 0.05) is 5.56 Å². The van der Waals surface area contributed by atoms with Gasteiger partial charge < -0.3 is 5.32 Å². The zero-order chi connectivity index (χ0) is 22.1. The summed E-state index contributed by atoms with van der Waals surface area (Å²) >= 11 is 0. The summed E-state index contributed by atoms with van der Waals surface area (Å²) in [5.41, 5.74) is 3.75. The van der Waals surface area contributed by atoms with Crippen molar-refractivity contribution in [1.29, 1.82) is 0 Å². The van der Waals surface area contributed by atoms with Crippen molar-refractivity contribution in [2.24, 2.45) is 0 Å². The van der Waals surface area contributed by atoms with Crippen LogP contribution in [0, 0.1) is 0 Å². The molecular weight excluding hydrogens is 406 g/mol. The van der Waals surface area contributed by atoms with Gasteiger partial charge in [-0.15, -0.1) is 0 Å². The molecule has 0 aliphatic heterocycles. The quantitative estimate of drug-likeness (QED) is 0.601. The number of hydrogen-bond donors (Lipinski definition) is 1. The van der Waals surface area contributed by atoms with Crippen LogP contribution in [0.3, 0.4) is 0 Å². The van der Waals surface area contributed by atoms with Gasteiger partial charge in [-0.1, -0.05) is 68.4 Å².